The Hall–Kier alpha value is -1.74. The molecule has 1 aromatic rings. The van der Waals surface area contributed by atoms with Crippen LogP contribution in [0.2, 0.25) is 0 Å². The Morgan fingerprint density at radius 1 is 1.50 bits per heavy atom. The molecule has 0 unspecified atom stereocenters. The zero-order valence-corrected chi connectivity index (χ0v) is 8.11. The molecule has 0 aliphatic heterocycles. The molecule has 0 aliphatic carbocycles. The molecule has 0 amide bonds. The van der Waals surface area contributed by atoms with Gasteiger partial charge in [-0.25, -0.2) is 4.39 Å². The Morgan fingerprint density at radius 2 is 2.21 bits per heavy atom. The van der Waals surface area contributed by atoms with Gasteiger partial charge in [-0.3, -0.25) is 0 Å². The molecule has 0 radical (unpaired) electrons. The molecule has 0 aromatic heterocycles. The van der Waals surface area contributed by atoms with Crippen LogP contribution in [-0.4, -0.2) is 14.1 Å². The first kappa shape index (κ1) is 10.3. The molecular formula is C9H11FN4. The standard InChI is InChI=1S/C9H11FN4/c1-14(2)9-4-3-8(10)5-7(9)6-12-13-11/h3-5H,6H2,1-2H3. The van der Waals surface area contributed by atoms with Gasteiger partial charge < -0.3 is 4.90 Å². The van der Waals surface area contributed by atoms with E-state index in [2.05, 4.69) is 10.0 Å². The van der Waals surface area contributed by atoms with Crippen molar-refractivity contribution in [3.05, 3.63) is 40.0 Å². The summed E-state index contributed by atoms with van der Waals surface area (Å²) in [7, 11) is 3.71. The van der Waals surface area contributed by atoms with Gasteiger partial charge in [-0.05, 0) is 29.3 Å². The van der Waals surface area contributed by atoms with Gasteiger partial charge in [-0.15, -0.1) is 0 Å². The maximum Gasteiger partial charge on any atom is 0.123 e. The fraction of sp³-hybridized carbons (Fsp3) is 0.333. The van der Waals surface area contributed by atoms with Crippen LogP contribution in [0.5, 0.6) is 0 Å². The van der Waals surface area contributed by atoms with Crippen molar-refractivity contribution >= 4 is 5.69 Å². The Kier molecular flexibility index (Phi) is 3.31. The summed E-state index contributed by atoms with van der Waals surface area (Å²) in [6.07, 6.45) is 0. The highest BCUT2D eigenvalue weighted by Crippen LogP contribution is 2.20. The van der Waals surface area contributed by atoms with E-state index in [0.717, 1.165) is 5.69 Å². The molecule has 0 fully saturated rings. The van der Waals surface area contributed by atoms with E-state index in [1.807, 2.05) is 19.0 Å². The van der Waals surface area contributed by atoms with Crippen molar-refractivity contribution in [1.82, 2.24) is 0 Å². The lowest BCUT2D eigenvalue weighted by Gasteiger charge is -2.16. The van der Waals surface area contributed by atoms with Crippen LogP contribution in [0, 0.1) is 5.82 Å². The van der Waals surface area contributed by atoms with Gasteiger partial charge >= 0.3 is 0 Å². The molecule has 14 heavy (non-hydrogen) atoms. The van der Waals surface area contributed by atoms with Crippen LogP contribution in [0.4, 0.5) is 10.1 Å². The van der Waals surface area contributed by atoms with Crippen LogP contribution in [0.25, 0.3) is 10.4 Å². The van der Waals surface area contributed by atoms with Crippen LogP contribution >= 0.6 is 0 Å². The highest BCUT2D eigenvalue weighted by atomic mass is 19.1. The number of azide groups is 1. The monoisotopic (exact) mass is 194 g/mol. The average Bonchev–Trinajstić information content (AvgIpc) is 2.14. The van der Waals surface area contributed by atoms with Gasteiger partial charge in [0.1, 0.15) is 5.82 Å². The molecule has 0 heterocycles. The third-order valence-corrected chi connectivity index (χ3v) is 1.83. The first-order chi connectivity index (χ1) is 6.65. The number of benzene rings is 1. The van der Waals surface area contributed by atoms with Crippen molar-refractivity contribution in [2.24, 2.45) is 5.11 Å². The van der Waals surface area contributed by atoms with E-state index in [0.29, 0.717) is 5.56 Å². The summed E-state index contributed by atoms with van der Waals surface area (Å²) in [5.41, 5.74) is 9.73. The molecule has 0 aliphatic rings. The van der Waals surface area contributed by atoms with Crippen molar-refractivity contribution < 1.29 is 4.39 Å². The molecule has 0 N–H and O–H groups in total. The van der Waals surface area contributed by atoms with Crippen LogP contribution in [0.1, 0.15) is 5.56 Å². The molecule has 0 bridgehead atoms. The first-order valence-corrected chi connectivity index (χ1v) is 4.11. The molecule has 0 atom stereocenters. The van der Waals surface area contributed by atoms with Gasteiger partial charge in [0.05, 0.1) is 6.54 Å². The normalized spacial score (nSPS) is 9.36. The predicted octanol–water partition coefficient (Wildman–Crippen LogP) is 2.70. The maximum absolute atomic E-state index is 12.9. The van der Waals surface area contributed by atoms with Gasteiger partial charge in [-0.1, -0.05) is 5.11 Å². The number of anilines is 1. The van der Waals surface area contributed by atoms with Gasteiger partial charge in [0.2, 0.25) is 0 Å². The van der Waals surface area contributed by atoms with Gasteiger partial charge in [0.15, 0.2) is 0 Å². The summed E-state index contributed by atoms with van der Waals surface area (Å²) in [5.74, 6) is -0.321. The summed E-state index contributed by atoms with van der Waals surface area (Å²) < 4.78 is 12.9. The number of nitrogens with zero attached hydrogens (tertiary/aromatic N) is 4. The Bertz CT molecular complexity index is 369. The zero-order chi connectivity index (χ0) is 10.6. The van der Waals surface area contributed by atoms with Gasteiger partial charge in [0.25, 0.3) is 0 Å². The van der Waals surface area contributed by atoms with E-state index in [1.165, 1.54) is 12.1 Å². The lowest BCUT2D eigenvalue weighted by molar-refractivity contribution is 0.625. The lowest BCUT2D eigenvalue weighted by Crippen LogP contribution is -2.11. The molecule has 1 rings (SSSR count). The Morgan fingerprint density at radius 3 is 2.79 bits per heavy atom. The number of halogens is 1. The summed E-state index contributed by atoms with van der Waals surface area (Å²) in [5, 5.41) is 3.41. The third kappa shape index (κ3) is 2.37. The van der Waals surface area contributed by atoms with E-state index in [-0.39, 0.29) is 12.4 Å². The minimum Gasteiger partial charge on any atom is -0.377 e. The summed E-state index contributed by atoms with van der Waals surface area (Å²) in [6, 6.07) is 4.43. The molecule has 74 valence electrons. The second-order valence-corrected chi connectivity index (χ2v) is 3.06. The van der Waals surface area contributed by atoms with Gasteiger partial charge in [-0.2, -0.15) is 0 Å². The molecular weight excluding hydrogens is 183 g/mol. The maximum atomic E-state index is 12.9. The average molecular weight is 194 g/mol. The third-order valence-electron chi connectivity index (χ3n) is 1.83. The van der Waals surface area contributed by atoms with E-state index in [4.69, 9.17) is 5.53 Å². The SMILES string of the molecule is CN(C)c1ccc(F)cc1CN=[N+]=[N-]. The largest absolute Gasteiger partial charge is 0.377 e. The van der Waals surface area contributed by atoms with Crippen LogP contribution < -0.4 is 4.90 Å². The molecule has 4 nitrogen and oxygen atoms in total. The summed E-state index contributed by atoms with van der Waals surface area (Å²) >= 11 is 0. The van der Waals surface area contributed by atoms with Crippen LogP contribution in [0.15, 0.2) is 23.3 Å². The first-order valence-electron chi connectivity index (χ1n) is 4.11. The smallest absolute Gasteiger partial charge is 0.123 e. The summed E-state index contributed by atoms with van der Waals surface area (Å²) in [6.45, 7) is 0.168. The zero-order valence-electron chi connectivity index (χ0n) is 8.11. The quantitative estimate of drug-likeness (QED) is 0.414. The predicted molar refractivity (Wildman–Crippen MR) is 53.6 cm³/mol. The van der Waals surface area contributed by atoms with E-state index < -0.39 is 0 Å². The minimum absolute atomic E-state index is 0.168. The number of hydrogen-bond donors (Lipinski definition) is 0. The second-order valence-electron chi connectivity index (χ2n) is 3.06. The van der Waals surface area contributed by atoms with Crippen molar-refractivity contribution in [2.45, 2.75) is 6.54 Å². The van der Waals surface area contributed by atoms with Crippen molar-refractivity contribution in [1.29, 1.82) is 0 Å². The van der Waals surface area contributed by atoms with Crippen LogP contribution in [-0.2, 0) is 6.54 Å². The highest BCUT2D eigenvalue weighted by Gasteiger charge is 2.04. The van der Waals surface area contributed by atoms with E-state index in [1.54, 1.807) is 6.07 Å². The van der Waals surface area contributed by atoms with E-state index >= 15 is 0 Å². The molecule has 5 heteroatoms. The fourth-order valence-electron chi connectivity index (χ4n) is 1.22. The van der Waals surface area contributed by atoms with Crippen molar-refractivity contribution in [2.75, 3.05) is 19.0 Å². The molecule has 1 aromatic carbocycles. The Balaban J connectivity index is 3.08. The van der Waals surface area contributed by atoms with Crippen molar-refractivity contribution in [3.63, 3.8) is 0 Å². The Labute approximate surface area is 81.6 Å². The summed E-state index contributed by atoms with van der Waals surface area (Å²) in [4.78, 5) is 4.49. The fourth-order valence-corrected chi connectivity index (χ4v) is 1.22. The molecule has 0 saturated carbocycles. The van der Waals surface area contributed by atoms with E-state index in [9.17, 15) is 4.39 Å². The van der Waals surface area contributed by atoms with Crippen LogP contribution in [0.3, 0.4) is 0 Å². The second kappa shape index (κ2) is 4.48. The number of hydrogen-bond acceptors (Lipinski definition) is 2. The molecule has 0 saturated heterocycles. The topological polar surface area (TPSA) is 52.0 Å². The molecule has 0 spiro atoms. The highest BCUT2D eigenvalue weighted by molar-refractivity contribution is 5.52. The van der Waals surface area contributed by atoms with Gasteiger partial charge in [0, 0.05) is 24.7 Å². The number of rotatable bonds is 3. The lowest BCUT2D eigenvalue weighted by atomic mass is 10.1. The minimum atomic E-state index is -0.321. The van der Waals surface area contributed by atoms with Crippen molar-refractivity contribution in [3.8, 4) is 0 Å².